The fourth-order valence-electron chi connectivity index (χ4n) is 4.64. The number of carbonyl (C=O) groups excluding carboxylic acids is 2. The molecule has 1 amide bonds. The number of nitrogens with one attached hydrogen (secondary N) is 1. The molecular weight excluding hydrogens is 528 g/mol. The van der Waals surface area contributed by atoms with Gasteiger partial charge in [-0.25, -0.2) is 9.59 Å². The second-order valence-corrected chi connectivity index (χ2v) is 10.3. The first-order valence-electron chi connectivity index (χ1n) is 12.5. The molecule has 0 fully saturated rings. The number of thioether (sulfide) groups is 1. The highest BCUT2D eigenvalue weighted by Gasteiger charge is 2.24. The molecule has 1 unspecified atom stereocenters. The Balaban J connectivity index is 1.35. The average molecular weight is 553 g/mol. The number of carboxylic acids is 2. The van der Waals surface area contributed by atoms with E-state index in [4.69, 9.17) is 5.11 Å². The average Bonchev–Trinajstić information content (AvgIpc) is 3.30. The minimum atomic E-state index is -1.40. The normalized spacial score (nSPS) is 11.8. The van der Waals surface area contributed by atoms with Crippen LogP contribution in [0, 0.1) is 0 Å². The molecule has 0 radical (unpaired) electrons. The van der Waals surface area contributed by atoms with Crippen molar-refractivity contribution in [1.82, 2.24) is 4.57 Å². The monoisotopic (exact) mass is 552 g/mol. The first-order chi connectivity index (χ1) is 19.3. The van der Waals surface area contributed by atoms with Crippen LogP contribution < -0.4 is 5.32 Å². The SMILES string of the molecule is CCC(Sc1ccc(NC(=O)c2ccc(C(=O)O)cc2C(=O)O)cc1)C(=O)n1c2ccccc2c2ccccc21. The van der Waals surface area contributed by atoms with Gasteiger partial charge in [0.15, 0.2) is 0 Å². The van der Waals surface area contributed by atoms with Crippen LogP contribution in [0.25, 0.3) is 21.8 Å². The number of aromatic nitrogens is 1. The largest absolute Gasteiger partial charge is 0.478 e. The Morgan fingerprint density at radius 2 is 1.38 bits per heavy atom. The molecular formula is C31H24N2O6S. The number of fused-ring (bicyclic) bond motifs is 3. The van der Waals surface area contributed by atoms with Crippen molar-refractivity contribution in [3.8, 4) is 0 Å². The van der Waals surface area contributed by atoms with E-state index in [0.29, 0.717) is 12.1 Å². The number of benzene rings is 4. The molecule has 0 aliphatic heterocycles. The Kier molecular flexibility index (Phi) is 7.39. The van der Waals surface area contributed by atoms with Crippen molar-refractivity contribution in [2.45, 2.75) is 23.5 Å². The van der Waals surface area contributed by atoms with Gasteiger partial charge in [-0.3, -0.25) is 14.2 Å². The van der Waals surface area contributed by atoms with Crippen LogP contribution >= 0.6 is 11.8 Å². The predicted octanol–water partition coefficient (Wildman–Crippen LogP) is 6.65. The molecule has 9 heteroatoms. The van der Waals surface area contributed by atoms with Gasteiger partial charge in [0.05, 0.1) is 33.0 Å². The van der Waals surface area contributed by atoms with Crippen LogP contribution in [0.1, 0.15) is 49.2 Å². The van der Waals surface area contributed by atoms with Crippen molar-refractivity contribution >= 4 is 63.0 Å². The Bertz CT molecular complexity index is 1740. The van der Waals surface area contributed by atoms with E-state index in [1.54, 1.807) is 28.8 Å². The molecule has 3 N–H and O–H groups in total. The second kappa shape index (κ2) is 11.1. The van der Waals surface area contributed by atoms with Crippen molar-refractivity contribution in [3.05, 3.63) is 108 Å². The molecule has 1 atom stereocenters. The molecule has 1 heterocycles. The molecule has 1 aromatic heterocycles. The number of para-hydroxylation sites is 2. The lowest BCUT2D eigenvalue weighted by Crippen LogP contribution is -2.23. The van der Waals surface area contributed by atoms with Crippen LogP contribution in [-0.2, 0) is 0 Å². The van der Waals surface area contributed by atoms with Gasteiger partial charge in [-0.2, -0.15) is 0 Å². The minimum absolute atomic E-state index is 0.0201. The number of hydrogen-bond acceptors (Lipinski definition) is 5. The standard InChI is InChI=1S/C31H24N2O6S/c1-2-27(29(35)33-25-9-5-3-7-21(25)22-8-4-6-10-26(22)33)40-20-14-12-19(13-15-20)32-28(34)23-16-11-18(30(36)37)17-24(23)31(38)39/h3-17,27H,2H2,1H3,(H,32,34)(H,36,37)(H,38,39). The van der Waals surface area contributed by atoms with Crippen molar-refractivity contribution in [2.75, 3.05) is 5.32 Å². The summed E-state index contributed by atoms with van der Waals surface area (Å²) < 4.78 is 1.79. The van der Waals surface area contributed by atoms with Crippen LogP contribution in [0.2, 0.25) is 0 Å². The molecule has 200 valence electrons. The number of rotatable bonds is 8. The summed E-state index contributed by atoms with van der Waals surface area (Å²) in [7, 11) is 0. The number of nitrogens with zero attached hydrogens (tertiary/aromatic N) is 1. The molecule has 40 heavy (non-hydrogen) atoms. The summed E-state index contributed by atoms with van der Waals surface area (Å²) in [4.78, 5) is 50.2. The fourth-order valence-corrected chi connectivity index (χ4v) is 5.64. The summed E-state index contributed by atoms with van der Waals surface area (Å²) in [5, 5.41) is 22.9. The zero-order chi connectivity index (χ0) is 28.4. The van der Waals surface area contributed by atoms with Crippen LogP contribution in [0.4, 0.5) is 5.69 Å². The molecule has 0 spiro atoms. The third-order valence-corrected chi connectivity index (χ3v) is 7.94. The van der Waals surface area contributed by atoms with Crippen molar-refractivity contribution in [1.29, 1.82) is 0 Å². The lowest BCUT2D eigenvalue weighted by molar-refractivity contribution is 0.0692. The van der Waals surface area contributed by atoms with Gasteiger partial charge in [0.25, 0.3) is 5.91 Å². The van der Waals surface area contributed by atoms with E-state index in [1.807, 2.05) is 55.5 Å². The van der Waals surface area contributed by atoms with E-state index in [1.165, 1.54) is 23.9 Å². The topological polar surface area (TPSA) is 126 Å². The Hall–Kier alpha value is -4.89. The van der Waals surface area contributed by atoms with Crippen LogP contribution in [-0.4, -0.2) is 43.8 Å². The molecule has 0 saturated heterocycles. The number of carbonyl (C=O) groups is 4. The summed E-state index contributed by atoms with van der Waals surface area (Å²) in [5.74, 6) is -3.39. The third-order valence-electron chi connectivity index (χ3n) is 6.58. The van der Waals surface area contributed by atoms with E-state index >= 15 is 0 Å². The van der Waals surface area contributed by atoms with Crippen LogP contribution in [0.5, 0.6) is 0 Å². The highest BCUT2D eigenvalue weighted by molar-refractivity contribution is 8.00. The van der Waals surface area contributed by atoms with Gasteiger partial charge in [-0.05, 0) is 61.0 Å². The fraction of sp³-hybridized carbons (Fsp3) is 0.0968. The van der Waals surface area contributed by atoms with Gasteiger partial charge in [0.2, 0.25) is 5.91 Å². The Morgan fingerprint density at radius 1 is 0.775 bits per heavy atom. The van der Waals surface area contributed by atoms with Crippen LogP contribution in [0.15, 0.2) is 95.9 Å². The smallest absolute Gasteiger partial charge is 0.336 e. The van der Waals surface area contributed by atoms with E-state index in [2.05, 4.69) is 5.32 Å². The summed E-state index contributed by atoms with van der Waals surface area (Å²) in [6.07, 6.45) is 0.604. The highest BCUT2D eigenvalue weighted by atomic mass is 32.2. The number of anilines is 1. The quantitative estimate of drug-likeness (QED) is 0.184. The van der Waals surface area contributed by atoms with E-state index in [-0.39, 0.29) is 22.3 Å². The molecule has 4 aromatic carbocycles. The van der Waals surface area contributed by atoms with Crippen molar-refractivity contribution < 1.29 is 29.4 Å². The molecule has 0 saturated carbocycles. The van der Waals surface area contributed by atoms with Gasteiger partial charge < -0.3 is 15.5 Å². The maximum Gasteiger partial charge on any atom is 0.336 e. The van der Waals surface area contributed by atoms with Gasteiger partial charge in [-0.1, -0.05) is 43.3 Å². The van der Waals surface area contributed by atoms with E-state index < -0.39 is 23.4 Å². The highest BCUT2D eigenvalue weighted by Crippen LogP contribution is 2.33. The van der Waals surface area contributed by atoms with Gasteiger partial charge >= 0.3 is 11.9 Å². The van der Waals surface area contributed by atoms with Gasteiger partial charge in [0, 0.05) is 21.4 Å². The molecule has 0 aliphatic rings. The number of hydrogen-bond donors (Lipinski definition) is 3. The number of aromatic carboxylic acids is 2. The Morgan fingerprint density at radius 3 is 1.93 bits per heavy atom. The first kappa shape index (κ1) is 26.7. The molecule has 0 bridgehead atoms. The van der Waals surface area contributed by atoms with Gasteiger partial charge in [-0.15, -0.1) is 11.8 Å². The maximum absolute atomic E-state index is 13.8. The Labute approximate surface area is 233 Å². The third kappa shape index (κ3) is 5.06. The maximum atomic E-state index is 13.8. The summed E-state index contributed by atoms with van der Waals surface area (Å²) in [6.45, 7) is 1.97. The number of amides is 1. The summed E-state index contributed by atoms with van der Waals surface area (Å²) in [5.41, 5.74) is 1.37. The zero-order valence-electron chi connectivity index (χ0n) is 21.3. The second-order valence-electron chi connectivity index (χ2n) is 9.07. The summed E-state index contributed by atoms with van der Waals surface area (Å²) in [6, 6.07) is 25.9. The molecule has 5 rings (SSSR count). The van der Waals surface area contributed by atoms with Crippen molar-refractivity contribution in [3.63, 3.8) is 0 Å². The molecule has 0 aliphatic carbocycles. The lowest BCUT2D eigenvalue weighted by atomic mass is 10.0. The zero-order valence-corrected chi connectivity index (χ0v) is 22.1. The summed E-state index contributed by atoms with van der Waals surface area (Å²) >= 11 is 1.43. The van der Waals surface area contributed by atoms with Gasteiger partial charge in [0.1, 0.15) is 0 Å². The lowest BCUT2D eigenvalue weighted by Gasteiger charge is -2.16. The first-order valence-corrected chi connectivity index (χ1v) is 13.4. The minimum Gasteiger partial charge on any atom is -0.478 e. The molecule has 5 aromatic rings. The van der Waals surface area contributed by atoms with E-state index in [9.17, 15) is 24.3 Å². The van der Waals surface area contributed by atoms with Crippen molar-refractivity contribution in [2.24, 2.45) is 0 Å². The van der Waals surface area contributed by atoms with Crippen LogP contribution in [0.3, 0.4) is 0 Å². The predicted molar refractivity (Wildman–Crippen MR) is 155 cm³/mol. The number of carboxylic acid groups (broad SMARTS) is 2. The molecule has 8 nitrogen and oxygen atoms in total. The van der Waals surface area contributed by atoms with E-state index in [0.717, 1.165) is 32.8 Å².